The number of aromatic nitrogens is 4. The number of hydrogen-bond donors (Lipinski definition) is 1. The van der Waals surface area contributed by atoms with Crippen molar-refractivity contribution in [1.82, 2.24) is 20.0 Å². The van der Waals surface area contributed by atoms with Crippen molar-refractivity contribution in [3.63, 3.8) is 0 Å². The zero-order chi connectivity index (χ0) is 16.4. The fourth-order valence-corrected chi connectivity index (χ4v) is 2.36. The van der Waals surface area contributed by atoms with Crippen molar-refractivity contribution < 1.29 is 4.92 Å². The highest BCUT2D eigenvalue weighted by Gasteiger charge is 2.18. The maximum Gasteiger partial charge on any atom is 0.271 e. The molecule has 23 heavy (non-hydrogen) atoms. The third kappa shape index (κ3) is 2.67. The Kier molecular flexibility index (Phi) is 3.82. The average Bonchev–Trinajstić information content (AvgIpc) is 2.99. The van der Waals surface area contributed by atoms with Gasteiger partial charge < -0.3 is 5.73 Å². The van der Waals surface area contributed by atoms with Crippen molar-refractivity contribution in [3.8, 4) is 16.9 Å². The topological polar surface area (TPSA) is 113 Å². The summed E-state index contributed by atoms with van der Waals surface area (Å²) < 4.78 is 1.58. The summed E-state index contributed by atoms with van der Waals surface area (Å²) in [6, 6.07) is 8.27. The molecule has 3 rings (SSSR count). The molecule has 8 heteroatoms. The first-order chi connectivity index (χ1) is 11.1. The normalized spacial score (nSPS) is 10.7. The number of benzene rings is 1. The van der Waals surface area contributed by atoms with E-state index < -0.39 is 4.92 Å². The van der Waals surface area contributed by atoms with Crippen LogP contribution in [0.2, 0.25) is 0 Å². The molecule has 0 saturated carbocycles. The third-order valence-electron chi connectivity index (χ3n) is 3.52. The van der Waals surface area contributed by atoms with E-state index in [1.54, 1.807) is 23.1 Å². The van der Waals surface area contributed by atoms with E-state index in [0.29, 0.717) is 17.1 Å². The van der Waals surface area contributed by atoms with E-state index >= 15 is 0 Å². The van der Waals surface area contributed by atoms with E-state index in [2.05, 4.69) is 15.3 Å². The van der Waals surface area contributed by atoms with Crippen molar-refractivity contribution in [2.24, 2.45) is 5.73 Å². The highest BCUT2D eigenvalue weighted by atomic mass is 16.6. The first kappa shape index (κ1) is 14.8. The minimum Gasteiger partial charge on any atom is -0.325 e. The van der Waals surface area contributed by atoms with Crippen LogP contribution >= 0.6 is 0 Å². The van der Waals surface area contributed by atoms with Crippen LogP contribution in [0, 0.1) is 17.0 Å². The fourth-order valence-electron chi connectivity index (χ4n) is 2.36. The van der Waals surface area contributed by atoms with Gasteiger partial charge in [0.05, 0.1) is 16.3 Å². The lowest BCUT2D eigenvalue weighted by Crippen LogP contribution is -2.05. The predicted molar refractivity (Wildman–Crippen MR) is 83.9 cm³/mol. The molecule has 8 nitrogen and oxygen atoms in total. The molecule has 0 saturated heterocycles. The van der Waals surface area contributed by atoms with Gasteiger partial charge in [0, 0.05) is 36.6 Å². The molecule has 0 bridgehead atoms. The number of non-ortho nitro benzene ring substituents is 1. The van der Waals surface area contributed by atoms with Crippen molar-refractivity contribution in [2.45, 2.75) is 13.5 Å². The Labute approximate surface area is 131 Å². The van der Waals surface area contributed by atoms with E-state index in [1.807, 2.05) is 19.1 Å². The molecule has 1 aromatic carbocycles. The van der Waals surface area contributed by atoms with E-state index in [9.17, 15) is 10.1 Å². The van der Waals surface area contributed by atoms with Crippen molar-refractivity contribution in [1.29, 1.82) is 0 Å². The Hall–Kier alpha value is -3.13. The number of hydrogen-bond acceptors (Lipinski definition) is 6. The lowest BCUT2D eigenvalue weighted by molar-refractivity contribution is -0.384. The Bertz CT molecular complexity index is 860. The summed E-state index contributed by atoms with van der Waals surface area (Å²) >= 11 is 0. The Morgan fingerprint density at radius 1 is 1.26 bits per heavy atom. The monoisotopic (exact) mass is 310 g/mol. The van der Waals surface area contributed by atoms with Gasteiger partial charge in [0.15, 0.2) is 0 Å². The lowest BCUT2D eigenvalue weighted by atomic mass is 10.1. The summed E-state index contributed by atoms with van der Waals surface area (Å²) in [5.41, 5.74) is 9.36. The fraction of sp³-hybridized carbons (Fsp3) is 0.133. The Morgan fingerprint density at radius 3 is 2.65 bits per heavy atom. The van der Waals surface area contributed by atoms with Crippen molar-refractivity contribution in [3.05, 3.63) is 64.1 Å². The molecule has 0 amide bonds. The van der Waals surface area contributed by atoms with Crippen LogP contribution in [0.5, 0.6) is 0 Å². The third-order valence-corrected chi connectivity index (χ3v) is 3.52. The zero-order valence-corrected chi connectivity index (χ0v) is 12.4. The lowest BCUT2D eigenvalue weighted by Gasteiger charge is -2.10. The van der Waals surface area contributed by atoms with Gasteiger partial charge in [0.1, 0.15) is 5.69 Å². The van der Waals surface area contributed by atoms with E-state index in [-0.39, 0.29) is 12.2 Å². The summed E-state index contributed by atoms with van der Waals surface area (Å²) in [5.74, 6) is 0. The number of nitrogens with zero attached hydrogens (tertiary/aromatic N) is 5. The predicted octanol–water partition coefficient (Wildman–Crippen LogP) is 2.00. The number of pyridine rings is 1. The van der Waals surface area contributed by atoms with Gasteiger partial charge in [-0.15, -0.1) is 5.10 Å². The number of nitro benzene ring substituents is 1. The van der Waals surface area contributed by atoms with Crippen molar-refractivity contribution >= 4 is 5.69 Å². The first-order valence-electron chi connectivity index (χ1n) is 6.92. The maximum atomic E-state index is 11.0. The van der Waals surface area contributed by atoms with E-state index in [1.165, 1.54) is 12.1 Å². The molecule has 2 heterocycles. The van der Waals surface area contributed by atoms with Crippen LogP contribution < -0.4 is 5.73 Å². The molecule has 3 aromatic rings. The molecule has 2 N–H and O–H groups in total. The summed E-state index contributed by atoms with van der Waals surface area (Å²) in [5, 5.41) is 19.3. The van der Waals surface area contributed by atoms with Gasteiger partial charge in [-0.3, -0.25) is 15.1 Å². The Morgan fingerprint density at radius 2 is 2.00 bits per heavy atom. The molecule has 0 radical (unpaired) electrons. The molecule has 0 aliphatic heterocycles. The van der Waals surface area contributed by atoms with Crippen LogP contribution in [0.3, 0.4) is 0 Å². The second-order valence-electron chi connectivity index (χ2n) is 4.96. The molecule has 0 aliphatic rings. The smallest absolute Gasteiger partial charge is 0.271 e. The van der Waals surface area contributed by atoms with Crippen LogP contribution in [-0.2, 0) is 6.54 Å². The summed E-state index contributed by atoms with van der Waals surface area (Å²) in [6.07, 6.45) is 3.32. The molecule has 0 spiro atoms. The first-order valence-corrected chi connectivity index (χ1v) is 6.92. The molecular weight excluding hydrogens is 296 g/mol. The van der Waals surface area contributed by atoms with Gasteiger partial charge in [-0.05, 0) is 24.6 Å². The van der Waals surface area contributed by atoms with Crippen LogP contribution in [-0.4, -0.2) is 24.9 Å². The highest BCUT2D eigenvalue weighted by Crippen LogP contribution is 2.28. The van der Waals surface area contributed by atoms with Gasteiger partial charge in [0.2, 0.25) is 0 Å². The van der Waals surface area contributed by atoms with Gasteiger partial charge in [-0.25, -0.2) is 4.68 Å². The van der Waals surface area contributed by atoms with E-state index in [0.717, 1.165) is 11.1 Å². The van der Waals surface area contributed by atoms with Crippen LogP contribution in [0.1, 0.15) is 11.3 Å². The molecule has 0 unspecified atom stereocenters. The minimum absolute atomic E-state index is 0.00363. The molecule has 0 atom stereocenters. The number of aryl methyl sites for hydroxylation is 1. The number of nitro groups is 1. The quantitative estimate of drug-likeness (QED) is 0.582. The molecule has 0 aliphatic carbocycles. The summed E-state index contributed by atoms with van der Waals surface area (Å²) in [4.78, 5) is 14.6. The average molecular weight is 310 g/mol. The SMILES string of the molecule is Cc1ccc([N+](=O)[O-])cc1-n1nnc(CN)c1-c1ccncc1. The number of rotatable bonds is 4. The molecule has 2 aromatic heterocycles. The van der Waals surface area contributed by atoms with Gasteiger partial charge in [0.25, 0.3) is 5.69 Å². The van der Waals surface area contributed by atoms with Gasteiger partial charge >= 0.3 is 0 Å². The largest absolute Gasteiger partial charge is 0.325 e. The molecule has 116 valence electrons. The maximum absolute atomic E-state index is 11.0. The van der Waals surface area contributed by atoms with Crippen LogP contribution in [0.15, 0.2) is 42.7 Å². The minimum atomic E-state index is -0.435. The van der Waals surface area contributed by atoms with E-state index in [4.69, 9.17) is 5.73 Å². The zero-order valence-electron chi connectivity index (χ0n) is 12.4. The van der Waals surface area contributed by atoms with Crippen LogP contribution in [0.25, 0.3) is 16.9 Å². The standard InChI is InChI=1S/C15H14N6O2/c1-10-2-3-12(21(22)23)8-14(10)20-15(13(9-16)18-19-20)11-4-6-17-7-5-11/h2-8H,9,16H2,1H3. The second-order valence-corrected chi connectivity index (χ2v) is 4.96. The highest BCUT2D eigenvalue weighted by molar-refractivity contribution is 5.65. The van der Waals surface area contributed by atoms with Gasteiger partial charge in [-0.1, -0.05) is 11.3 Å². The number of nitrogens with two attached hydrogens (primary N) is 1. The summed E-state index contributed by atoms with van der Waals surface area (Å²) in [6.45, 7) is 2.07. The van der Waals surface area contributed by atoms with Crippen molar-refractivity contribution in [2.75, 3.05) is 0 Å². The van der Waals surface area contributed by atoms with Gasteiger partial charge in [-0.2, -0.15) is 0 Å². The molecule has 0 fully saturated rings. The van der Waals surface area contributed by atoms with Crippen LogP contribution in [0.4, 0.5) is 5.69 Å². The molecular formula is C15H14N6O2. The summed E-state index contributed by atoms with van der Waals surface area (Å²) in [7, 11) is 0. The second kappa shape index (κ2) is 5.93. The Balaban J connectivity index is 2.24.